The minimum absolute atomic E-state index is 0.0996. The molecule has 0 aliphatic rings. The maximum absolute atomic E-state index is 13.7. The van der Waals surface area contributed by atoms with Crippen LogP contribution in [0.1, 0.15) is 22.2 Å². The second kappa shape index (κ2) is 8.49. The smallest absolute Gasteiger partial charge is 0.294 e. The molecule has 0 radical (unpaired) electrons. The molecule has 4 aromatic rings. The number of aromatic nitrogens is 3. The number of primary amides is 1. The highest BCUT2D eigenvalue weighted by Crippen LogP contribution is 2.27. The minimum Gasteiger partial charge on any atom is -0.368 e. The van der Waals surface area contributed by atoms with Crippen LogP contribution < -0.4 is 5.73 Å². The molecule has 0 fully saturated rings. The Balaban J connectivity index is 1.75. The summed E-state index contributed by atoms with van der Waals surface area (Å²) in [6.07, 6.45) is 0. The molecule has 31 heavy (non-hydrogen) atoms. The van der Waals surface area contributed by atoms with Crippen LogP contribution >= 0.6 is 11.3 Å². The Hall–Kier alpha value is -3.85. The molecule has 2 N–H and O–H groups in total. The zero-order valence-electron chi connectivity index (χ0n) is 16.5. The zero-order valence-corrected chi connectivity index (χ0v) is 17.3. The first-order valence-corrected chi connectivity index (χ1v) is 10.2. The lowest BCUT2D eigenvalue weighted by molar-refractivity contribution is -0.122. The summed E-state index contributed by atoms with van der Waals surface area (Å²) >= 11 is 1.46. The van der Waals surface area contributed by atoms with Crippen molar-refractivity contribution in [2.45, 2.75) is 6.04 Å². The summed E-state index contributed by atoms with van der Waals surface area (Å²) in [7, 11) is 1.41. The molecule has 2 amide bonds. The largest absolute Gasteiger partial charge is 0.368 e. The van der Waals surface area contributed by atoms with Crippen LogP contribution in [0.25, 0.3) is 16.4 Å². The molecule has 7 nitrogen and oxygen atoms in total. The van der Waals surface area contributed by atoms with Crippen molar-refractivity contribution in [2.24, 2.45) is 5.73 Å². The lowest BCUT2D eigenvalue weighted by Gasteiger charge is -2.25. The molecule has 2 heterocycles. The number of rotatable bonds is 6. The fourth-order valence-electron chi connectivity index (χ4n) is 3.25. The normalized spacial score (nSPS) is 11.8. The Kier molecular flexibility index (Phi) is 5.59. The van der Waals surface area contributed by atoms with Crippen LogP contribution in [0.2, 0.25) is 0 Å². The number of benzene rings is 2. The van der Waals surface area contributed by atoms with Crippen molar-refractivity contribution in [2.75, 3.05) is 7.05 Å². The van der Waals surface area contributed by atoms with Gasteiger partial charge in [-0.05, 0) is 41.3 Å². The fraction of sp³-hybridized carbons (Fsp3) is 0.0909. The summed E-state index contributed by atoms with van der Waals surface area (Å²) in [4.78, 5) is 31.7. The number of likely N-dealkylation sites (N-methyl/N-ethyl adjacent to an activating group) is 1. The van der Waals surface area contributed by atoms with Crippen LogP contribution in [0.15, 0.2) is 72.1 Å². The lowest BCUT2D eigenvalue weighted by Crippen LogP contribution is -2.39. The Morgan fingerprint density at radius 3 is 2.52 bits per heavy atom. The molecule has 9 heteroatoms. The van der Waals surface area contributed by atoms with E-state index in [0.717, 1.165) is 15.5 Å². The van der Waals surface area contributed by atoms with Crippen molar-refractivity contribution < 1.29 is 14.0 Å². The molecule has 2 aromatic heterocycles. The predicted octanol–water partition coefficient (Wildman–Crippen LogP) is 3.43. The first-order chi connectivity index (χ1) is 15.0. The number of hydrogen-bond donors (Lipinski definition) is 1. The quantitative estimate of drug-likeness (QED) is 0.502. The first kappa shape index (κ1) is 20.4. The summed E-state index contributed by atoms with van der Waals surface area (Å²) in [6.45, 7) is 0. The molecule has 0 saturated carbocycles. The van der Waals surface area contributed by atoms with E-state index >= 15 is 0 Å². The van der Waals surface area contributed by atoms with E-state index in [1.54, 1.807) is 4.68 Å². The fourth-order valence-corrected chi connectivity index (χ4v) is 3.95. The van der Waals surface area contributed by atoms with E-state index in [-0.39, 0.29) is 11.4 Å². The van der Waals surface area contributed by atoms with Crippen molar-refractivity contribution in [3.63, 3.8) is 0 Å². The number of nitrogens with zero attached hydrogens (tertiary/aromatic N) is 4. The van der Waals surface area contributed by atoms with Gasteiger partial charge in [0.05, 0.1) is 10.6 Å². The van der Waals surface area contributed by atoms with Crippen molar-refractivity contribution in [1.29, 1.82) is 0 Å². The van der Waals surface area contributed by atoms with E-state index in [4.69, 9.17) is 5.73 Å². The van der Waals surface area contributed by atoms with E-state index in [1.165, 1.54) is 42.6 Å². The molecular weight excluding hydrogens is 417 g/mol. The van der Waals surface area contributed by atoms with E-state index in [2.05, 4.69) is 10.1 Å². The topological polar surface area (TPSA) is 94.1 Å². The Labute approximate surface area is 181 Å². The standard InChI is InChI=1S/C22H18FN5O2S/c1-27(18(19(24)29)14-7-5-8-15(23)13-14)22(30)20-25-21(17-11-6-12-31-17)28(26-20)16-9-3-2-4-10-16/h2-13,18H,1H3,(H2,24,29). The SMILES string of the molecule is CN(C(=O)c1nc(-c2cccs2)n(-c2ccccc2)n1)C(C(N)=O)c1cccc(F)c1. The molecular formula is C22H18FN5O2S. The van der Waals surface area contributed by atoms with Gasteiger partial charge in [0.15, 0.2) is 5.82 Å². The molecule has 1 atom stereocenters. The molecule has 0 saturated heterocycles. The number of halogens is 1. The number of amides is 2. The van der Waals surface area contributed by atoms with Crippen LogP contribution in [0.5, 0.6) is 0 Å². The van der Waals surface area contributed by atoms with E-state index in [1.807, 2.05) is 47.8 Å². The second-order valence-corrected chi connectivity index (χ2v) is 7.71. The maximum Gasteiger partial charge on any atom is 0.294 e. The molecule has 0 spiro atoms. The number of para-hydroxylation sites is 1. The van der Waals surface area contributed by atoms with E-state index < -0.39 is 23.7 Å². The molecule has 4 rings (SSSR count). The molecule has 1 unspecified atom stereocenters. The average Bonchev–Trinajstić information content (AvgIpc) is 3.43. The minimum atomic E-state index is -1.17. The van der Waals surface area contributed by atoms with Gasteiger partial charge in [0, 0.05) is 7.05 Å². The molecule has 2 aromatic carbocycles. The molecule has 0 bridgehead atoms. The highest BCUT2D eigenvalue weighted by atomic mass is 32.1. The lowest BCUT2D eigenvalue weighted by atomic mass is 10.0. The predicted molar refractivity (Wildman–Crippen MR) is 115 cm³/mol. The number of thiophene rings is 1. The zero-order chi connectivity index (χ0) is 22.0. The van der Waals surface area contributed by atoms with Gasteiger partial charge in [0.1, 0.15) is 11.9 Å². The number of hydrogen-bond acceptors (Lipinski definition) is 5. The summed E-state index contributed by atoms with van der Waals surface area (Å²) in [5.74, 6) is -1.53. The van der Waals surface area contributed by atoms with Crippen LogP contribution in [0.4, 0.5) is 4.39 Å². The van der Waals surface area contributed by atoms with Crippen LogP contribution in [0.3, 0.4) is 0 Å². The van der Waals surface area contributed by atoms with Gasteiger partial charge in [-0.3, -0.25) is 9.59 Å². The van der Waals surface area contributed by atoms with Gasteiger partial charge in [-0.1, -0.05) is 36.4 Å². The Morgan fingerprint density at radius 1 is 1.10 bits per heavy atom. The van der Waals surface area contributed by atoms with Gasteiger partial charge in [-0.15, -0.1) is 16.4 Å². The van der Waals surface area contributed by atoms with Gasteiger partial charge in [0.2, 0.25) is 11.7 Å². The van der Waals surface area contributed by atoms with Crippen LogP contribution in [0, 0.1) is 5.82 Å². The van der Waals surface area contributed by atoms with Crippen molar-refractivity contribution in [3.05, 3.63) is 89.3 Å². The van der Waals surface area contributed by atoms with Gasteiger partial charge in [-0.25, -0.2) is 14.1 Å². The summed E-state index contributed by atoms with van der Waals surface area (Å²) in [5.41, 5.74) is 6.54. The number of nitrogens with two attached hydrogens (primary N) is 1. The van der Waals surface area contributed by atoms with Crippen molar-refractivity contribution in [1.82, 2.24) is 19.7 Å². The summed E-state index contributed by atoms with van der Waals surface area (Å²) in [5, 5.41) is 6.31. The highest BCUT2D eigenvalue weighted by Gasteiger charge is 2.31. The third-order valence-corrected chi connectivity index (χ3v) is 5.55. The summed E-state index contributed by atoms with van der Waals surface area (Å²) in [6, 6.07) is 17.3. The number of carbonyl (C=O) groups excluding carboxylic acids is 2. The highest BCUT2D eigenvalue weighted by molar-refractivity contribution is 7.13. The third-order valence-electron chi connectivity index (χ3n) is 4.68. The Morgan fingerprint density at radius 2 is 1.87 bits per heavy atom. The average molecular weight is 435 g/mol. The van der Waals surface area contributed by atoms with Crippen LogP contribution in [-0.2, 0) is 4.79 Å². The monoisotopic (exact) mass is 435 g/mol. The maximum atomic E-state index is 13.7. The molecule has 0 aliphatic heterocycles. The van der Waals surface area contributed by atoms with Crippen molar-refractivity contribution in [3.8, 4) is 16.4 Å². The molecule has 156 valence electrons. The van der Waals surface area contributed by atoms with Gasteiger partial charge in [-0.2, -0.15) is 0 Å². The first-order valence-electron chi connectivity index (χ1n) is 9.34. The molecule has 0 aliphatic carbocycles. The van der Waals surface area contributed by atoms with Gasteiger partial charge >= 0.3 is 0 Å². The summed E-state index contributed by atoms with van der Waals surface area (Å²) < 4.78 is 15.3. The Bertz CT molecular complexity index is 1220. The van der Waals surface area contributed by atoms with E-state index in [9.17, 15) is 14.0 Å². The van der Waals surface area contributed by atoms with Gasteiger partial charge in [0.25, 0.3) is 5.91 Å². The third kappa shape index (κ3) is 4.08. The van der Waals surface area contributed by atoms with E-state index in [0.29, 0.717) is 5.82 Å². The van der Waals surface area contributed by atoms with Crippen LogP contribution in [-0.4, -0.2) is 38.5 Å². The number of carbonyl (C=O) groups is 2. The second-order valence-electron chi connectivity index (χ2n) is 6.76. The van der Waals surface area contributed by atoms with Crippen molar-refractivity contribution >= 4 is 23.2 Å². The van der Waals surface area contributed by atoms with Gasteiger partial charge < -0.3 is 10.6 Å².